The van der Waals surface area contributed by atoms with Gasteiger partial charge in [0.25, 0.3) is 5.91 Å². The second-order valence-corrected chi connectivity index (χ2v) is 9.38. The number of carbonyl (C=O) groups excluding carboxylic acids is 1. The van der Waals surface area contributed by atoms with E-state index in [9.17, 15) is 9.90 Å². The highest BCUT2D eigenvalue weighted by Gasteiger charge is 2.29. The predicted octanol–water partition coefficient (Wildman–Crippen LogP) is 2.69. The molecule has 0 saturated carbocycles. The molecule has 1 aromatic rings. The highest BCUT2D eigenvalue weighted by molar-refractivity contribution is 8.03. The van der Waals surface area contributed by atoms with Gasteiger partial charge < -0.3 is 15.2 Å². The van der Waals surface area contributed by atoms with Gasteiger partial charge in [-0.1, -0.05) is 32.9 Å². The van der Waals surface area contributed by atoms with Crippen LogP contribution in [-0.2, 0) is 10.2 Å². The number of benzene rings is 1. The first-order valence-electron chi connectivity index (χ1n) is 8.16. The highest BCUT2D eigenvalue weighted by atomic mass is 32.2. The first-order chi connectivity index (χ1) is 11.3. The molecule has 0 atom stereocenters. The Bertz CT molecular complexity index is 532. The lowest BCUT2D eigenvalue weighted by molar-refractivity contribution is -0.124. The van der Waals surface area contributed by atoms with E-state index in [0.29, 0.717) is 17.3 Å². The van der Waals surface area contributed by atoms with Gasteiger partial charge in [0.2, 0.25) is 0 Å². The second-order valence-electron chi connectivity index (χ2n) is 7.17. The molecule has 1 aromatic carbocycles. The standard InChI is InChI=1S/C18H27NO3S2/c1-17(2,3)14-4-6-15(7-5-14)22-10-16(20)19-11-18(21)12-23-8-9-24-13-18/h4-7,21H,8-13H2,1-3H3,(H,19,20). The molecule has 0 unspecified atom stereocenters. The van der Waals surface area contributed by atoms with Crippen LogP contribution in [0.4, 0.5) is 0 Å². The molecule has 2 rings (SSSR count). The average Bonchev–Trinajstić information content (AvgIpc) is 2.76. The topological polar surface area (TPSA) is 58.6 Å². The number of hydrogen-bond acceptors (Lipinski definition) is 5. The lowest BCUT2D eigenvalue weighted by atomic mass is 9.87. The van der Waals surface area contributed by atoms with E-state index in [1.807, 2.05) is 24.3 Å². The van der Waals surface area contributed by atoms with Crippen molar-refractivity contribution in [1.82, 2.24) is 5.32 Å². The zero-order valence-electron chi connectivity index (χ0n) is 14.6. The zero-order chi connectivity index (χ0) is 17.6. The molecule has 0 aliphatic carbocycles. The minimum Gasteiger partial charge on any atom is -0.484 e. The monoisotopic (exact) mass is 369 g/mol. The summed E-state index contributed by atoms with van der Waals surface area (Å²) in [6, 6.07) is 7.83. The van der Waals surface area contributed by atoms with Crippen LogP contribution in [0.2, 0.25) is 0 Å². The Hall–Kier alpha value is -0.850. The summed E-state index contributed by atoms with van der Waals surface area (Å²) in [4.78, 5) is 12.0. The maximum atomic E-state index is 12.0. The van der Waals surface area contributed by atoms with Crippen LogP contribution >= 0.6 is 23.5 Å². The van der Waals surface area contributed by atoms with E-state index in [0.717, 1.165) is 11.5 Å². The normalized spacial score (nSPS) is 17.8. The summed E-state index contributed by atoms with van der Waals surface area (Å²) in [5.74, 6) is 3.90. The first kappa shape index (κ1) is 19.5. The van der Waals surface area contributed by atoms with Crippen LogP contribution in [0.3, 0.4) is 0 Å². The van der Waals surface area contributed by atoms with Crippen LogP contribution in [0.25, 0.3) is 0 Å². The summed E-state index contributed by atoms with van der Waals surface area (Å²) in [5.41, 5.74) is 0.500. The third kappa shape index (κ3) is 6.22. The first-order valence-corrected chi connectivity index (χ1v) is 10.5. The van der Waals surface area contributed by atoms with E-state index in [1.54, 1.807) is 23.5 Å². The fraction of sp³-hybridized carbons (Fsp3) is 0.611. The molecule has 4 nitrogen and oxygen atoms in total. The highest BCUT2D eigenvalue weighted by Crippen LogP contribution is 2.25. The zero-order valence-corrected chi connectivity index (χ0v) is 16.3. The molecule has 24 heavy (non-hydrogen) atoms. The molecule has 0 radical (unpaired) electrons. The van der Waals surface area contributed by atoms with Crippen LogP contribution in [0.1, 0.15) is 26.3 Å². The third-order valence-corrected chi connectivity index (χ3v) is 6.55. The smallest absolute Gasteiger partial charge is 0.258 e. The Morgan fingerprint density at radius 1 is 1.21 bits per heavy atom. The molecular formula is C18H27NO3S2. The maximum Gasteiger partial charge on any atom is 0.258 e. The van der Waals surface area contributed by atoms with E-state index in [1.165, 1.54) is 5.56 Å². The van der Waals surface area contributed by atoms with Crippen molar-refractivity contribution in [2.75, 3.05) is 36.2 Å². The second kappa shape index (κ2) is 8.50. The molecule has 2 N–H and O–H groups in total. The Morgan fingerprint density at radius 3 is 2.33 bits per heavy atom. The number of carbonyl (C=O) groups is 1. The van der Waals surface area contributed by atoms with Crippen molar-refractivity contribution in [3.8, 4) is 5.75 Å². The summed E-state index contributed by atoms with van der Waals surface area (Å²) < 4.78 is 5.53. The van der Waals surface area contributed by atoms with Crippen LogP contribution < -0.4 is 10.1 Å². The minimum atomic E-state index is -0.824. The molecule has 6 heteroatoms. The van der Waals surface area contributed by atoms with Crippen LogP contribution in [-0.4, -0.2) is 52.8 Å². The fourth-order valence-electron chi connectivity index (χ4n) is 2.30. The molecule has 1 saturated heterocycles. The predicted molar refractivity (Wildman–Crippen MR) is 103 cm³/mol. The van der Waals surface area contributed by atoms with Gasteiger partial charge in [0.1, 0.15) is 5.75 Å². The summed E-state index contributed by atoms with van der Waals surface area (Å²) in [6.45, 7) is 6.71. The van der Waals surface area contributed by atoms with Gasteiger partial charge in [0.05, 0.1) is 5.60 Å². The van der Waals surface area contributed by atoms with Crippen molar-refractivity contribution in [3.05, 3.63) is 29.8 Å². The fourth-order valence-corrected chi connectivity index (χ4v) is 4.83. The SMILES string of the molecule is CC(C)(C)c1ccc(OCC(=O)NCC2(O)CSCCSC2)cc1. The van der Waals surface area contributed by atoms with Gasteiger partial charge in [-0.15, -0.1) is 0 Å². The van der Waals surface area contributed by atoms with Crippen molar-refractivity contribution in [2.24, 2.45) is 0 Å². The molecule has 0 bridgehead atoms. The van der Waals surface area contributed by atoms with E-state index in [2.05, 4.69) is 26.1 Å². The van der Waals surface area contributed by atoms with E-state index in [-0.39, 0.29) is 24.5 Å². The maximum absolute atomic E-state index is 12.0. The quantitative estimate of drug-likeness (QED) is 0.836. The summed E-state index contributed by atoms with van der Waals surface area (Å²) >= 11 is 3.47. The molecule has 1 aliphatic heterocycles. The summed E-state index contributed by atoms with van der Waals surface area (Å²) in [5, 5.41) is 13.3. The molecule has 1 aliphatic rings. The van der Waals surface area contributed by atoms with Crippen molar-refractivity contribution >= 4 is 29.4 Å². The third-order valence-electron chi connectivity index (χ3n) is 3.82. The van der Waals surface area contributed by atoms with E-state index >= 15 is 0 Å². The Morgan fingerprint density at radius 2 is 1.79 bits per heavy atom. The van der Waals surface area contributed by atoms with Crippen molar-refractivity contribution in [1.29, 1.82) is 0 Å². The molecule has 1 heterocycles. The average molecular weight is 370 g/mol. The summed E-state index contributed by atoms with van der Waals surface area (Å²) in [6.07, 6.45) is 0. The molecule has 1 fully saturated rings. The molecule has 0 spiro atoms. The van der Waals surface area contributed by atoms with E-state index in [4.69, 9.17) is 4.74 Å². The van der Waals surface area contributed by atoms with Gasteiger partial charge in [-0.05, 0) is 23.1 Å². The van der Waals surface area contributed by atoms with Gasteiger partial charge in [0, 0.05) is 29.6 Å². The number of ether oxygens (including phenoxy) is 1. The van der Waals surface area contributed by atoms with Crippen molar-refractivity contribution in [2.45, 2.75) is 31.8 Å². The number of hydrogen-bond donors (Lipinski definition) is 2. The van der Waals surface area contributed by atoms with Gasteiger partial charge in [-0.2, -0.15) is 23.5 Å². The van der Waals surface area contributed by atoms with Gasteiger partial charge in [-0.25, -0.2) is 0 Å². The number of amides is 1. The lowest BCUT2D eigenvalue weighted by Crippen LogP contribution is -2.47. The minimum absolute atomic E-state index is 0.0365. The molecular weight excluding hydrogens is 342 g/mol. The number of aliphatic hydroxyl groups is 1. The Labute approximate surface area is 153 Å². The largest absolute Gasteiger partial charge is 0.484 e. The van der Waals surface area contributed by atoms with Crippen LogP contribution in [0.15, 0.2) is 24.3 Å². The van der Waals surface area contributed by atoms with Crippen LogP contribution in [0, 0.1) is 0 Å². The number of thioether (sulfide) groups is 2. The molecule has 1 amide bonds. The Balaban J connectivity index is 1.76. The number of nitrogens with one attached hydrogen (secondary N) is 1. The Kier molecular flexibility index (Phi) is 6.89. The number of rotatable bonds is 5. The lowest BCUT2D eigenvalue weighted by Gasteiger charge is -2.25. The molecule has 0 aromatic heterocycles. The summed E-state index contributed by atoms with van der Waals surface area (Å²) in [7, 11) is 0. The van der Waals surface area contributed by atoms with Gasteiger partial charge >= 0.3 is 0 Å². The molecule has 134 valence electrons. The van der Waals surface area contributed by atoms with E-state index < -0.39 is 5.60 Å². The van der Waals surface area contributed by atoms with Gasteiger partial charge in [0.15, 0.2) is 6.61 Å². The van der Waals surface area contributed by atoms with Crippen LogP contribution in [0.5, 0.6) is 5.75 Å². The van der Waals surface area contributed by atoms with Crippen molar-refractivity contribution < 1.29 is 14.6 Å². The van der Waals surface area contributed by atoms with Crippen molar-refractivity contribution in [3.63, 3.8) is 0 Å². The van der Waals surface area contributed by atoms with Gasteiger partial charge in [-0.3, -0.25) is 4.79 Å².